The van der Waals surface area contributed by atoms with E-state index in [1.54, 1.807) is 7.11 Å². The first-order chi connectivity index (χ1) is 9.82. The predicted molar refractivity (Wildman–Crippen MR) is 79.2 cm³/mol. The summed E-state index contributed by atoms with van der Waals surface area (Å²) in [6.07, 6.45) is -3.10. The first-order valence-corrected chi connectivity index (χ1v) is 6.49. The molecule has 0 fully saturated rings. The number of thiocarbonyl (C=S) groups is 1. The van der Waals surface area contributed by atoms with Crippen molar-refractivity contribution in [3.8, 4) is 0 Å². The molecule has 0 unspecified atom stereocenters. The van der Waals surface area contributed by atoms with E-state index in [4.69, 9.17) is 17.0 Å². The molecule has 0 saturated carbocycles. The molecule has 0 saturated heterocycles. The van der Waals surface area contributed by atoms with E-state index < -0.39 is 11.7 Å². The van der Waals surface area contributed by atoms with Crippen LogP contribution in [0.3, 0.4) is 0 Å². The maximum atomic E-state index is 12.5. The number of nitrogens with zero attached hydrogens (tertiary/aromatic N) is 1. The second-order valence-electron chi connectivity index (χ2n) is 4.32. The number of hydrogen-bond donors (Lipinski definition) is 2. The fourth-order valence-electron chi connectivity index (χ4n) is 1.51. The molecule has 1 atom stereocenters. The lowest BCUT2D eigenvalue weighted by Gasteiger charge is -2.13. The Kier molecular flexibility index (Phi) is 6.57. The van der Waals surface area contributed by atoms with Crippen LogP contribution in [-0.4, -0.2) is 31.1 Å². The van der Waals surface area contributed by atoms with Crippen LogP contribution in [-0.2, 0) is 10.9 Å². The molecule has 0 heterocycles. The lowest BCUT2D eigenvalue weighted by atomic mass is 10.1. The molecule has 0 bridgehead atoms. The maximum absolute atomic E-state index is 12.5. The molecule has 21 heavy (non-hydrogen) atoms. The van der Waals surface area contributed by atoms with Gasteiger partial charge in [-0.1, -0.05) is 12.1 Å². The molecule has 1 aromatic rings. The van der Waals surface area contributed by atoms with Gasteiger partial charge < -0.3 is 10.1 Å². The van der Waals surface area contributed by atoms with Crippen LogP contribution in [0.15, 0.2) is 29.4 Å². The number of hydrogen-bond acceptors (Lipinski definition) is 3. The molecule has 0 aliphatic heterocycles. The largest absolute Gasteiger partial charge is 0.416 e. The topological polar surface area (TPSA) is 45.6 Å². The fourth-order valence-corrected chi connectivity index (χ4v) is 1.76. The van der Waals surface area contributed by atoms with Crippen molar-refractivity contribution in [1.82, 2.24) is 10.7 Å². The number of rotatable bonds is 5. The highest BCUT2D eigenvalue weighted by molar-refractivity contribution is 7.80. The van der Waals surface area contributed by atoms with Gasteiger partial charge in [-0.25, -0.2) is 0 Å². The highest BCUT2D eigenvalue weighted by Crippen LogP contribution is 2.29. The normalized spacial score (nSPS) is 13.2. The van der Waals surface area contributed by atoms with Crippen molar-refractivity contribution in [3.05, 3.63) is 35.4 Å². The number of halogens is 3. The monoisotopic (exact) mass is 319 g/mol. The number of benzene rings is 1. The summed E-state index contributed by atoms with van der Waals surface area (Å²) < 4.78 is 42.5. The summed E-state index contributed by atoms with van der Waals surface area (Å²) in [4.78, 5) is 0. The van der Waals surface area contributed by atoms with Crippen molar-refractivity contribution in [3.63, 3.8) is 0 Å². The van der Waals surface area contributed by atoms with E-state index in [-0.39, 0.29) is 11.2 Å². The minimum atomic E-state index is -4.37. The summed E-state index contributed by atoms with van der Waals surface area (Å²) in [5.41, 5.74) is 2.13. The van der Waals surface area contributed by atoms with E-state index in [2.05, 4.69) is 15.8 Å². The summed E-state index contributed by atoms with van der Waals surface area (Å²) in [6.45, 7) is 2.34. The van der Waals surface area contributed by atoms with E-state index in [0.717, 1.165) is 12.1 Å². The quantitative estimate of drug-likeness (QED) is 0.497. The summed E-state index contributed by atoms with van der Waals surface area (Å²) in [5.74, 6) is 0. The van der Waals surface area contributed by atoms with Gasteiger partial charge in [-0.3, -0.25) is 5.43 Å². The molecule has 0 radical (unpaired) electrons. The van der Waals surface area contributed by atoms with E-state index in [1.807, 2.05) is 6.92 Å². The van der Waals surface area contributed by atoms with Gasteiger partial charge in [0.15, 0.2) is 5.11 Å². The number of nitrogens with one attached hydrogen (secondary N) is 2. The Bertz CT molecular complexity index is 506. The van der Waals surface area contributed by atoms with Crippen LogP contribution in [0.4, 0.5) is 13.2 Å². The predicted octanol–water partition coefficient (Wildman–Crippen LogP) is 2.54. The summed E-state index contributed by atoms with van der Waals surface area (Å²) in [5, 5.41) is 6.96. The lowest BCUT2D eigenvalue weighted by molar-refractivity contribution is -0.137. The molecule has 0 amide bonds. The third kappa shape index (κ3) is 6.54. The second-order valence-corrected chi connectivity index (χ2v) is 4.73. The Balaban J connectivity index is 2.56. The third-order valence-corrected chi connectivity index (χ3v) is 2.60. The zero-order valence-corrected chi connectivity index (χ0v) is 12.4. The average Bonchev–Trinajstić information content (AvgIpc) is 2.38. The minimum Gasteiger partial charge on any atom is -0.383 e. The first-order valence-electron chi connectivity index (χ1n) is 6.08. The van der Waals surface area contributed by atoms with Crippen molar-refractivity contribution in [2.75, 3.05) is 13.7 Å². The van der Waals surface area contributed by atoms with E-state index >= 15 is 0 Å². The summed E-state index contributed by atoms with van der Waals surface area (Å²) in [7, 11) is 1.57. The summed E-state index contributed by atoms with van der Waals surface area (Å²) >= 11 is 4.97. The molecule has 1 rings (SSSR count). The average molecular weight is 319 g/mol. The van der Waals surface area contributed by atoms with Crippen LogP contribution in [0.1, 0.15) is 18.1 Å². The number of hydrazone groups is 1. The highest BCUT2D eigenvalue weighted by Gasteiger charge is 2.30. The van der Waals surface area contributed by atoms with Crippen LogP contribution in [0.5, 0.6) is 0 Å². The van der Waals surface area contributed by atoms with Gasteiger partial charge in [0.1, 0.15) is 0 Å². The molecule has 0 spiro atoms. The van der Waals surface area contributed by atoms with E-state index in [9.17, 15) is 13.2 Å². The minimum absolute atomic E-state index is 0.00115. The number of ether oxygens (including phenoxy) is 1. The molecule has 2 N–H and O–H groups in total. The Morgan fingerprint density at radius 2 is 2.19 bits per heavy atom. The second kappa shape index (κ2) is 7.94. The van der Waals surface area contributed by atoms with Crippen molar-refractivity contribution < 1.29 is 17.9 Å². The molecule has 4 nitrogen and oxygen atoms in total. The van der Waals surface area contributed by atoms with Crippen molar-refractivity contribution in [2.45, 2.75) is 19.1 Å². The van der Waals surface area contributed by atoms with Crippen LogP contribution in [0.25, 0.3) is 0 Å². The van der Waals surface area contributed by atoms with Gasteiger partial charge in [-0.2, -0.15) is 18.3 Å². The van der Waals surface area contributed by atoms with Crippen molar-refractivity contribution in [2.24, 2.45) is 5.10 Å². The van der Waals surface area contributed by atoms with Crippen molar-refractivity contribution >= 4 is 23.5 Å². The van der Waals surface area contributed by atoms with E-state index in [1.165, 1.54) is 18.3 Å². The van der Waals surface area contributed by atoms with Gasteiger partial charge in [0.25, 0.3) is 0 Å². The standard InChI is InChI=1S/C13H16F3N3OS/c1-9(8-20-2)18-12(21)19-17-7-10-4-3-5-11(6-10)13(14,15)16/h3-7,9H,8H2,1-2H3,(H2,18,19,21)/b17-7-/t9-/m1/s1. The Morgan fingerprint density at radius 1 is 1.48 bits per heavy atom. The lowest BCUT2D eigenvalue weighted by Crippen LogP contribution is -2.40. The molecule has 116 valence electrons. The van der Waals surface area contributed by atoms with Gasteiger partial charge in [-0.05, 0) is 36.8 Å². The molecular formula is C13H16F3N3OS. The zero-order chi connectivity index (χ0) is 15.9. The SMILES string of the molecule is COC[C@@H](C)NC(=S)N/N=C\c1cccc(C(F)(F)F)c1. The fraction of sp³-hybridized carbons (Fsp3) is 0.385. The van der Waals surface area contributed by atoms with Gasteiger partial charge in [0.05, 0.1) is 18.4 Å². The smallest absolute Gasteiger partial charge is 0.383 e. The first kappa shape index (κ1) is 17.4. The van der Waals surface area contributed by atoms with E-state index in [0.29, 0.717) is 12.2 Å². The molecule has 8 heteroatoms. The summed E-state index contributed by atoms with van der Waals surface area (Å²) in [6, 6.07) is 4.85. The van der Waals surface area contributed by atoms with Gasteiger partial charge in [-0.15, -0.1) is 0 Å². The maximum Gasteiger partial charge on any atom is 0.416 e. The van der Waals surface area contributed by atoms with Gasteiger partial charge in [0, 0.05) is 13.2 Å². The van der Waals surface area contributed by atoms with Crippen LogP contribution in [0, 0.1) is 0 Å². The Morgan fingerprint density at radius 3 is 2.81 bits per heavy atom. The van der Waals surface area contributed by atoms with Gasteiger partial charge >= 0.3 is 6.18 Å². The highest BCUT2D eigenvalue weighted by atomic mass is 32.1. The molecule has 1 aromatic carbocycles. The van der Waals surface area contributed by atoms with Gasteiger partial charge in [0.2, 0.25) is 0 Å². The molecule has 0 aromatic heterocycles. The van der Waals surface area contributed by atoms with Crippen LogP contribution >= 0.6 is 12.2 Å². The number of methoxy groups -OCH3 is 1. The van der Waals surface area contributed by atoms with Crippen LogP contribution in [0.2, 0.25) is 0 Å². The number of alkyl halides is 3. The Labute approximate surface area is 126 Å². The molecule has 0 aliphatic rings. The zero-order valence-electron chi connectivity index (χ0n) is 11.6. The third-order valence-electron chi connectivity index (χ3n) is 2.39. The van der Waals surface area contributed by atoms with Crippen molar-refractivity contribution in [1.29, 1.82) is 0 Å². The molecular weight excluding hydrogens is 303 g/mol. The van der Waals surface area contributed by atoms with Crippen LogP contribution < -0.4 is 10.7 Å². The molecule has 0 aliphatic carbocycles. The Hall–Kier alpha value is -1.67.